The quantitative estimate of drug-likeness (QED) is 0.344. The van der Waals surface area contributed by atoms with E-state index in [0.29, 0.717) is 22.5 Å². The number of rotatable bonds is 7. The molecule has 1 heterocycles. The number of para-hydroxylation sites is 1. The Kier molecular flexibility index (Phi) is 5.94. The molecule has 0 aliphatic heterocycles. The Hall–Kier alpha value is -3.34. The summed E-state index contributed by atoms with van der Waals surface area (Å²) in [5.74, 6) is 0.250. The maximum Gasteiger partial charge on any atom is 0.343 e. The van der Waals surface area contributed by atoms with Crippen LogP contribution in [0.4, 0.5) is 5.69 Å². The predicted molar refractivity (Wildman–Crippen MR) is 112 cm³/mol. The third-order valence-electron chi connectivity index (χ3n) is 4.66. The number of hydrogen-bond acceptors (Lipinski definition) is 5. The SMILES string of the molecule is CCN(CC)c1ccc2cc(/C=C/C(=O)c3ccccc3OC)c(=O)oc2c1. The first-order valence-electron chi connectivity index (χ1n) is 9.25. The summed E-state index contributed by atoms with van der Waals surface area (Å²) in [6.07, 6.45) is 2.85. The van der Waals surface area contributed by atoms with Gasteiger partial charge in [0.2, 0.25) is 0 Å². The molecular formula is C23H23NO4. The lowest BCUT2D eigenvalue weighted by Crippen LogP contribution is -2.21. The van der Waals surface area contributed by atoms with E-state index in [1.165, 1.54) is 19.3 Å². The van der Waals surface area contributed by atoms with Gasteiger partial charge in [-0.15, -0.1) is 0 Å². The molecule has 2 aromatic carbocycles. The minimum Gasteiger partial charge on any atom is -0.496 e. The van der Waals surface area contributed by atoms with E-state index in [9.17, 15) is 9.59 Å². The van der Waals surface area contributed by atoms with E-state index in [2.05, 4.69) is 18.7 Å². The van der Waals surface area contributed by atoms with E-state index in [-0.39, 0.29) is 5.78 Å². The summed E-state index contributed by atoms with van der Waals surface area (Å²) in [7, 11) is 1.51. The Morgan fingerprint density at radius 2 is 1.86 bits per heavy atom. The molecule has 3 rings (SSSR count). The van der Waals surface area contributed by atoms with Crippen LogP contribution in [0.1, 0.15) is 29.8 Å². The van der Waals surface area contributed by atoms with E-state index in [1.807, 2.05) is 18.2 Å². The lowest BCUT2D eigenvalue weighted by Gasteiger charge is -2.20. The molecule has 5 heteroatoms. The number of fused-ring (bicyclic) bond motifs is 1. The molecule has 0 saturated carbocycles. The Bertz CT molecular complexity index is 1080. The van der Waals surface area contributed by atoms with Gasteiger partial charge in [0.05, 0.1) is 18.2 Å². The van der Waals surface area contributed by atoms with E-state index < -0.39 is 5.63 Å². The van der Waals surface area contributed by atoms with Crippen molar-refractivity contribution in [3.63, 3.8) is 0 Å². The van der Waals surface area contributed by atoms with Gasteiger partial charge in [0.25, 0.3) is 0 Å². The van der Waals surface area contributed by atoms with Crippen molar-refractivity contribution in [2.75, 3.05) is 25.1 Å². The Morgan fingerprint density at radius 3 is 2.57 bits per heavy atom. The van der Waals surface area contributed by atoms with E-state index >= 15 is 0 Å². The number of allylic oxidation sites excluding steroid dienone is 1. The maximum absolute atomic E-state index is 12.5. The van der Waals surface area contributed by atoms with Crippen molar-refractivity contribution >= 4 is 28.5 Å². The molecule has 144 valence electrons. The lowest BCUT2D eigenvalue weighted by atomic mass is 10.1. The van der Waals surface area contributed by atoms with Crippen LogP contribution >= 0.6 is 0 Å². The highest BCUT2D eigenvalue weighted by atomic mass is 16.5. The van der Waals surface area contributed by atoms with Crippen molar-refractivity contribution < 1.29 is 13.9 Å². The smallest absolute Gasteiger partial charge is 0.343 e. The Labute approximate surface area is 163 Å². The van der Waals surface area contributed by atoms with Gasteiger partial charge in [-0.3, -0.25) is 4.79 Å². The number of nitrogens with zero attached hydrogens (tertiary/aromatic N) is 1. The molecule has 0 unspecified atom stereocenters. The topological polar surface area (TPSA) is 59.8 Å². The molecule has 3 aromatic rings. The van der Waals surface area contributed by atoms with Crippen LogP contribution in [0.15, 0.2) is 63.8 Å². The molecule has 0 saturated heterocycles. The molecular weight excluding hydrogens is 354 g/mol. The maximum atomic E-state index is 12.5. The minimum atomic E-state index is -0.478. The average molecular weight is 377 g/mol. The number of carbonyl (C=O) groups is 1. The second kappa shape index (κ2) is 8.57. The van der Waals surface area contributed by atoms with Crippen LogP contribution in [-0.2, 0) is 0 Å². The summed E-state index contributed by atoms with van der Waals surface area (Å²) >= 11 is 0. The number of ether oxygens (including phenoxy) is 1. The lowest BCUT2D eigenvalue weighted by molar-refractivity contribution is 0.104. The third kappa shape index (κ3) is 3.98. The van der Waals surface area contributed by atoms with Gasteiger partial charge < -0.3 is 14.1 Å². The van der Waals surface area contributed by atoms with E-state index in [1.54, 1.807) is 30.3 Å². The predicted octanol–water partition coefficient (Wildman–Crippen LogP) is 4.54. The van der Waals surface area contributed by atoms with E-state index in [4.69, 9.17) is 9.15 Å². The van der Waals surface area contributed by atoms with Gasteiger partial charge in [-0.1, -0.05) is 12.1 Å². The Morgan fingerprint density at radius 1 is 1.11 bits per heavy atom. The summed E-state index contributed by atoms with van der Waals surface area (Å²) in [6.45, 7) is 5.91. The van der Waals surface area contributed by atoms with E-state index in [0.717, 1.165) is 24.2 Å². The largest absolute Gasteiger partial charge is 0.496 e. The normalized spacial score (nSPS) is 11.1. The molecule has 0 spiro atoms. The summed E-state index contributed by atoms with van der Waals surface area (Å²) in [5, 5.41) is 0.805. The number of methoxy groups -OCH3 is 1. The van der Waals surface area contributed by atoms with Gasteiger partial charge in [0.15, 0.2) is 5.78 Å². The number of anilines is 1. The molecule has 28 heavy (non-hydrogen) atoms. The zero-order valence-corrected chi connectivity index (χ0v) is 16.3. The summed E-state index contributed by atoms with van der Waals surface area (Å²) in [6, 6.07) is 14.5. The molecule has 0 bridgehead atoms. The highest BCUT2D eigenvalue weighted by Gasteiger charge is 2.10. The minimum absolute atomic E-state index is 0.242. The van der Waals surface area contributed by atoms with Crippen LogP contribution in [0.3, 0.4) is 0 Å². The Balaban J connectivity index is 1.92. The van der Waals surface area contributed by atoms with Crippen LogP contribution in [0, 0.1) is 0 Å². The van der Waals surface area contributed by atoms with Gasteiger partial charge in [0.1, 0.15) is 11.3 Å². The number of hydrogen-bond donors (Lipinski definition) is 0. The molecule has 0 N–H and O–H groups in total. The fourth-order valence-electron chi connectivity index (χ4n) is 3.12. The fraction of sp³-hybridized carbons (Fsp3) is 0.217. The van der Waals surface area contributed by atoms with Crippen LogP contribution in [0.2, 0.25) is 0 Å². The zero-order valence-electron chi connectivity index (χ0n) is 16.3. The molecule has 5 nitrogen and oxygen atoms in total. The molecule has 0 aliphatic carbocycles. The highest BCUT2D eigenvalue weighted by molar-refractivity contribution is 6.08. The summed E-state index contributed by atoms with van der Waals surface area (Å²) in [4.78, 5) is 27.0. The molecule has 1 aromatic heterocycles. The first-order chi connectivity index (χ1) is 13.6. The van der Waals surface area contributed by atoms with Gasteiger partial charge in [-0.2, -0.15) is 0 Å². The van der Waals surface area contributed by atoms with Gasteiger partial charge in [-0.25, -0.2) is 4.79 Å². The first-order valence-corrected chi connectivity index (χ1v) is 9.25. The monoisotopic (exact) mass is 377 g/mol. The zero-order chi connectivity index (χ0) is 20.1. The molecule has 0 atom stereocenters. The average Bonchev–Trinajstić information content (AvgIpc) is 2.72. The van der Waals surface area contributed by atoms with Crippen LogP contribution in [0.5, 0.6) is 5.75 Å². The highest BCUT2D eigenvalue weighted by Crippen LogP contribution is 2.23. The van der Waals surface area contributed by atoms with Crippen molar-refractivity contribution in [2.24, 2.45) is 0 Å². The van der Waals surface area contributed by atoms with Gasteiger partial charge in [0, 0.05) is 30.2 Å². The third-order valence-corrected chi connectivity index (χ3v) is 4.66. The summed E-state index contributed by atoms with van der Waals surface area (Å²) < 4.78 is 10.7. The van der Waals surface area contributed by atoms with Crippen molar-refractivity contribution in [2.45, 2.75) is 13.8 Å². The van der Waals surface area contributed by atoms with Crippen LogP contribution < -0.4 is 15.3 Å². The van der Waals surface area contributed by atoms with Crippen molar-refractivity contribution in [3.8, 4) is 5.75 Å². The van der Waals surface area contributed by atoms with Crippen molar-refractivity contribution in [3.05, 3.63) is 76.2 Å². The fourth-order valence-corrected chi connectivity index (χ4v) is 3.12. The number of ketones is 1. The van der Waals surface area contributed by atoms with Crippen LogP contribution in [-0.4, -0.2) is 26.0 Å². The van der Waals surface area contributed by atoms with Crippen molar-refractivity contribution in [1.82, 2.24) is 0 Å². The summed E-state index contributed by atoms with van der Waals surface area (Å²) in [5.41, 5.74) is 1.83. The van der Waals surface area contributed by atoms with Crippen molar-refractivity contribution in [1.29, 1.82) is 0 Å². The number of benzene rings is 2. The standard InChI is InChI=1S/C23H23NO4/c1-4-24(5-2)18-12-10-16-14-17(23(26)28-22(16)15-18)11-13-20(25)19-8-6-7-9-21(19)27-3/h6-15H,4-5H2,1-3H3/b13-11+. The van der Waals surface area contributed by atoms with Crippen LogP contribution in [0.25, 0.3) is 17.0 Å². The molecule has 0 amide bonds. The van der Waals surface area contributed by atoms with Gasteiger partial charge >= 0.3 is 5.63 Å². The molecule has 0 aliphatic rings. The second-order valence-corrected chi connectivity index (χ2v) is 6.28. The van der Waals surface area contributed by atoms with Gasteiger partial charge in [-0.05, 0) is 56.3 Å². The first kappa shape index (κ1) is 19.4. The number of carbonyl (C=O) groups excluding carboxylic acids is 1. The molecule has 0 radical (unpaired) electrons. The molecule has 0 fully saturated rings. The second-order valence-electron chi connectivity index (χ2n) is 6.28.